The summed E-state index contributed by atoms with van der Waals surface area (Å²) in [6.07, 6.45) is 0.843. The van der Waals surface area contributed by atoms with Crippen molar-refractivity contribution in [3.05, 3.63) is 29.8 Å². The lowest BCUT2D eigenvalue weighted by Crippen LogP contribution is -2.48. The number of hydrogen-bond acceptors (Lipinski definition) is 4. The second-order valence-corrected chi connectivity index (χ2v) is 7.03. The molecule has 6 heteroatoms. The standard InChI is InChI=1S/C20H34N4O2/c1-4-21-20(22-9-8-17-6-5-7-18(25)14-17)23-15-19(16(2)3)24-10-12-26-13-11-24/h5-7,14,16,19,25H,4,8-13,15H2,1-3H3,(H2,21,22,23). The zero-order chi connectivity index (χ0) is 18.8. The van der Waals surface area contributed by atoms with E-state index in [1.807, 2.05) is 12.1 Å². The minimum Gasteiger partial charge on any atom is -0.508 e. The lowest BCUT2D eigenvalue weighted by molar-refractivity contribution is 0.00867. The Kier molecular flexibility index (Phi) is 8.71. The maximum absolute atomic E-state index is 9.56. The van der Waals surface area contributed by atoms with Gasteiger partial charge in [-0.15, -0.1) is 0 Å². The van der Waals surface area contributed by atoms with E-state index in [0.29, 0.717) is 17.7 Å². The van der Waals surface area contributed by atoms with Gasteiger partial charge in [-0.25, -0.2) is 0 Å². The Morgan fingerprint density at radius 3 is 2.69 bits per heavy atom. The van der Waals surface area contributed by atoms with Crippen LogP contribution in [-0.2, 0) is 11.2 Å². The Bertz CT molecular complexity index is 556. The molecule has 1 aromatic carbocycles. The van der Waals surface area contributed by atoms with Crippen LogP contribution in [0, 0.1) is 5.92 Å². The molecule has 1 aromatic rings. The average molecular weight is 363 g/mol. The van der Waals surface area contributed by atoms with Crippen LogP contribution in [0.2, 0.25) is 0 Å². The number of hydrogen-bond donors (Lipinski definition) is 3. The van der Waals surface area contributed by atoms with Crippen LogP contribution in [0.15, 0.2) is 29.3 Å². The zero-order valence-electron chi connectivity index (χ0n) is 16.4. The Labute approximate surface area is 157 Å². The summed E-state index contributed by atoms with van der Waals surface area (Å²) in [4.78, 5) is 7.32. The Hall–Kier alpha value is -1.79. The third-order valence-electron chi connectivity index (χ3n) is 4.68. The molecule has 3 N–H and O–H groups in total. The molecule has 0 spiro atoms. The van der Waals surface area contributed by atoms with Crippen LogP contribution < -0.4 is 10.6 Å². The first-order valence-corrected chi connectivity index (χ1v) is 9.72. The molecule has 2 rings (SSSR count). The van der Waals surface area contributed by atoms with E-state index < -0.39 is 0 Å². The van der Waals surface area contributed by atoms with E-state index in [2.05, 4.69) is 36.3 Å². The maximum atomic E-state index is 9.56. The number of benzene rings is 1. The highest BCUT2D eigenvalue weighted by Crippen LogP contribution is 2.13. The number of ether oxygens (including phenoxy) is 1. The SMILES string of the molecule is CCNC(=NCC(C(C)C)N1CCOCC1)NCCc1cccc(O)c1. The van der Waals surface area contributed by atoms with Gasteiger partial charge < -0.3 is 20.5 Å². The van der Waals surface area contributed by atoms with Gasteiger partial charge in [0.25, 0.3) is 0 Å². The lowest BCUT2D eigenvalue weighted by Gasteiger charge is -2.36. The third-order valence-corrected chi connectivity index (χ3v) is 4.68. The summed E-state index contributed by atoms with van der Waals surface area (Å²) in [5.74, 6) is 1.71. The van der Waals surface area contributed by atoms with Crippen LogP contribution in [0.25, 0.3) is 0 Å². The molecule has 0 saturated carbocycles. The van der Waals surface area contributed by atoms with Gasteiger partial charge in [-0.2, -0.15) is 0 Å². The highest BCUT2D eigenvalue weighted by atomic mass is 16.5. The fraction of sp³-hybridized carbons (Fsp3) is 0.650. The molecule has 0 radical (unpaired) electrons. The van der Waals surface area contributed by atoms with E-state index in [9.17, 15) is 5.11 Å². The molecular weight excluding hydrogens is 328 g/mol. The topological polar surface area (TPSA) is 69.1 Å². The molecule has 26 heavy (non-hydrogen) atoms. The van der Waals surface area contributed by atoms with Gasteiger partial charge in [0.2, 0.25) is 0 Å². The van der Waals surface area contributed by atoms with Crippen molar-refractivity contribution in [3.8, 4) is 5.75 Å². The first kappa shape index (κ1) is 20.5. The van der Waals surface area contributed by atoms with Crippen LogP contribution >= 0.6 is 0 Å². The first-order valence-electron chi connectivity index (χ1n) is 9.72. The number of nitrogens with one attached hydrogen (secondary N) is 2. The summed E-state index contributed by atoms with van der Waals surface area (Å²) < 4.78 is 5.48. The number of rotatable bonds is 8. The van der Waals surface area contributed by atoms with Gasteiger partial charge in [0.05, 0.1) is 19.8 Å². The number of nitrogens with zero attached hydrogens (tertiary/aromatic N) is 2. The molecule has 1 aliphatic rings. The first-order chi connectivity index (χ1) is 12.6. The fourth-order valence-corrected chi connectivity index (χ4v) is 3.22. The van der Waals surface area contributed by atoms with E-state index in [4.69, 9.17) is 9.73 Å². The van der Waals surface area contributed by atoms with Crippen molar-refractivity contribution in [1.82, 2.24) is 15.5 Å². The van der Waals surface area contributed by atoms with Crippen LogP contribution in [0.3, 0.4) is 0 Å². The minimum absolute atomic E-state index is 0.313. The van der Waals surface area contributed by atoms with E-state index in [1.165, 1.54) is 0 Å². The highest BCUT2D eigenvalue weighted by molar-refractivity contribution is 5.79. The predicted octanol–water partition coefficient (Wildman–Crippen LogP) is 1.85. The van der Waals surface area contributed by atoms with Crippen molar-refractivity contribution in [2.75, 3.05) is 45.9 Å². The molecule has 0 amide bonds. The fourth-order valence-electron chi connectivity index (χ4n) is 3.22. The number of guanidine groups is 1. The van der Waals surface area contributed by atoms with E-state index in [0.717, 1.165) is 63.9 Å². The zero-order valence-corrected chi connectivity index (χ0v) is 16.4. The van der Waals surface area contributed by atoms with E-state index >= 15 is 0 Å². The van der Waals surface area contributed by atoms with Crippen molar-refractivity contribution in [2.24, 2.45) is 10.9 Å². The summed E-state index contributed by atoms with van der Waals surface area (Å²) in [7, 11) is 0. The van der Waals surface area contributed by atoms with Gasteiger partial charge in [-0.1, -0.05) is 26.0 Å². The summed E-state index contributed by atoms with van der Waals surface area (Å²) >= 11 is 0. The molecule has 1 heterocycles. The Morgan fingerprint density at radius 2 is 2.04 bits per heavy atom. The van der Waals surface area contributed by atoms with Crippen LogP contribution in [-0.4, -0.2) is 67.9 Å². The summed E-state index contributed by atoms with van der Waals surface area (Å²) in [5, 5.41) is 16.3. The van der Waals surface area contributed by atoms with Gasteiger partial charge in [-0.3, -0.25) is 9.89 Å². The van der Waals surface area contributed by atoms with Crippen molar-refractivity contribution < 1.29 is 9.84 Å². The molecule has 1 saturated heterocycles. The van der Waals surface area contributed by atoms with E-state index in [-0.39, 0.29) is 0 Å². The van der Waals surface area contributed by atoms with Gasteiger partial charge >= 0.3 is 0 Å². The van der Waals surface area contributed by atoms with Crippen molar-refractivity contribution in [2.45, 2.75) is 33.2 Å². The van der Waals surface area contributed by atoms with E-state index in [1.54, 1.807) is 12.1 Å². The summed E-state index contributed by atoms with van der Waals surface area (Å²) in [5.41, 5.74) is 1.11. The number of aliphatic imine (C=N–C) groups is 1. The van der Waals surface area contributed by atoms with Gasteiger partial charge in [0.15, 0.2) is 5.96 Å². The smallest absolute Gasteiger partial charge is 0.191 e. The van der Waals surface area contributed by atoms with Gasteiger partial charge in [-0.05, 0) is 37.0 Å². The predicted molar refractivity (Wildman–Crippen MR) is 107 cm³/mol. The lowest BCUT2D eigenvalue weighted by atomic mass is 10.0. The van der Waals surface area contributed by atoms with Crippen molar-refractivity contribution in [3.63, 3.8) is 0 Å². The Morgan fingerprint density at radius 1 is 1.27 bits per heavy atom. The molecule has 1 aliphatic heterocycles. The normalized spacial score (nSPS) is 17.3. The molecule has 1 fully saturated rings. The number of aromatic hydroxyl groups is 1. The Balaban J connectivity index is 1.89. The average Bonchev–Trinajstić information content (AvgIpc) is 2.62. The van der Waals surface area contributed by atoms with Crippen LogP contribution in [0.4, 0.5) is 0 Å². The number of morpholine rings is 1. The van der Waals surface area contributed by atoms with Gasteiger partial charge in [0, 0.05) is 32.2 Å². The van der Waals surface area contributed by atoms with Gasteiger partial charge in [0.1, 0.15) is 5.75 Å². The second-order valence-electron chi connectivity index (χ2n) is 7.03. The molecule has 1 unspecified atom stereocenters. The monoisotopic (exact) mass is 362 g/mol. The minimum atomic E-state index is 0.313. The summed E-state index contributed by atoms with van der Waals surface area (Å²) in [6, 6.07) is 7.83. The third kappa shape index (κ3) is 6.84. The summed E-state index contributed by atoms with van der Waals surface area (Å²) in [6.45, 7) is 12.6. The maximum Gasteiger partial charge on any atom is 0.191 e. The molecule has 146 valence electrons. The largest absolute Gasteiger partial charge is 0.508 e. The van der Waals surface area contributed by atoms with Crippen LogP contribution in [0.1, 0.15) is 26.3 Å². The highest BCUT2D eigenvalue weighted by Gasteiger charge is 2.23. The van der Waals surface area contributed by atoms with Crippen molar-refractivity contribution in [1.29, 1.82) is 0 Å². The molecule has 0 aromatic heterocycles. The quantitative estimate of drug-likeness (QED) is 0.486. The molecule has 1 atom stereocenters. The number of phenolic OH excluding ortho intramolecular Hbond substituents is 1. The van der Waals surface area contributed by atoms with Crippen LogP contribution in [0.5, 0.6) is 5.75 Å². The molecule has 6 nitrogen and oxygen atoms in total. The number of phenols is 1. The molecule has 0 aliphatic carbocycles. The van der Waals surface area contributed by atoms with Crippen molar-refractivity contribution >= 4 is 5.96 Å². The molecular formula is C20H34N4O2. The molecule has 0 bridgehead atoms. The second kappa shape index (κ2) is 11.0.